The molecular formula is C17H22N2O. The third kappa shape index (κ3) is 2.65. The highest BCUT2D eigenvalue weighted by molar-refractivity contribution is 5.31. The van der Waals surface area contributed by atoms with Crippen LogP contribution in [-0.2, 0) is 11.3 Å². The highest BCUT2D eigenvalue weighted by Gasteiger charge is 2.20. The molecule has 0 unspecified atom stereocenters. The monoisotopic (exact) mass is 270 g/mol. The largest absolute Gasteiger partial charge is 0.378 e. The average molecular weight is 270 g/mol. The zero-order valence-electron chi connectivity index (χ0n) is 12.2. The molecule has 0 amide bonds. The number of aryl methyl sites for hydroxylation is 1. The normalized spacial score (nSPS) is 19.2. The second kappa shape index (κ2) is 5.81. The Kier molecular flexibility index (Phi) is 3.90. The molecule has 1 saturated heterocycles. The molecule has 1 aromatic heterocycles. The van der Waals surface area contributed by atoms with Crippen molar-refractivity contribution in [3.05, 3.63) is 58.9 Å². The highest BCUT2D eigenvalue weighted by atomic mass is 16.5. The van der Waals surface area contributed by atoms with Crippen LogP contribution in [0.4, 0.5) is 0 Å². The van der Waals surface area contributed by atoms with Crippen LogP contribution in [-0.4, -0.2) is 24.3 Å². The molecule has 1 aliphatic rings. The smallest absolute Gasteiger partial charge is 0.0662 e. The van der Waals surface area contributed by atoms with Crippen LogP contribution in [0.5, 0.6) is 0 Å². The first-order valence-electron chi connectivity index (χ1n) is 7.27. The quantitative estimate of drug-likeness (QED) is 0.928. The van der Waals surface area contributed by atoms with Crippen molar-refractivity contribution in [3.63, 3.8) is 0 Å². The Labute approximate surface area is 120 Å². The van der Waals surface area contributed by atoms with Gasteiger partial charge in [-0.25, -0.2) is 0 Å². The first-order chi connectivity index (χ1) is 9.75. The van der Waals surface area contributed by atoms with Crippen molar-refractivity contribution in [3.8, 4) is 0 Å². The van der Waals surface area contributed by atoms with Crippen molar-refractivity contribution in [1.29, 1.82) is 0 Å². The molecule has 3 nitrogen and oxygen atoms in total. The van der Waals surface area contributed by atoms with E-state index in [1.807, 2.05) is 0 Å². The van der Waals surface area contributed by atoms with Gasteiger partial charge >= 0.3 is 0 Å². The third-order valence-corrected chi connectivity index (χ3v) is 4.09. The van der Waals surface area contributed by atoms with E-state index in [9.17, 15) is 0 Å². The first-order valence-corrected chi connectivity index (χ1v) is 7.27. The molecule has 1 aromatic carbocycles. The highest BCUT2D eigenvalue weighted by Crippen LogP contribution is 2.24. The standard InChI is InChI=1S/C17H22N2O/c1-13-10-16(17-12-20-9-8-18-17)14(2)19(13)11-15-6-4-3-5-7-15/h3-7,10,17-18H,8-9,11-12H2,1-2H3/t17-/m1/s1. The molecular weight excluding hydrogens is 248 g/mol. The van der Waals surface area contributed by atoms with Crippen molar-refractivity contribution in [2.45, 2.75) is 26.4 Å². The predicted molar refractivity (Wildman–Crippen MR) is 81.0 cm³/mol. The zero-order valence-corrected chi connectivity index (χ0v) is 12.2. The van der Waals surface area contributed by atoms with Crippen molar-refractivity contribution < 1.29 is 4.74 Å². The van der Waals surface area contributed by atoms with Gasteiger partial charge in [0.1, 0.15) is 0 Å². The fourth-order valence-electron chi connectivity index (χ4n) is 2.95. The Balaban J connectivity index is 1.86. The summed E-state index contributed by atoms with van der Waals surface area (Å²) in [6.45, 7) is 7.86. The molecule has 0 saturated carbocycles. The lowest BCUT2D eigenvalue weighted by atomic mass is 10.1. The van der Waals surface area contributed by atoms with E-state index < -0.39 is 0 Å². The van der Waals surface area contributed by atoms with Gasteiger partial charge < -0.3 is 14.6 Å². The number of aromatic nitrogens is 1. The summed E-state index contributed by atoms with van der Waals surface area (Å²) >= 11 is 0. The molecule has 20 heavy (non-hydrogen) atoms. The number of hydrogen-bond donors (Lipinski definition) is 1. The molecule has 1 atom stereocenters. The van der Waals surface area contributed by atoms with Gasteiger partial charge in [-0.2, -0.15) is 0 Å². The van der Waals surface area contributed by atoms with Gasteiger partial charge in [-0.1, -0.05) is 30.3 Å². The van der Waals surface area contributed by atoms with Crippen LogP contribution in [0.3, 0.4) is 0 Å². The number of morpholine rings is 1. The lowest BCUT2D eigenvalue weighted by Crippen LogP contribution is -2.34. The van der Waals surface area contributed by atoms with Crippen molar-refractivity contribution in [2.75, 3.05) is 19.8 Å². The average Bonchev–Trinajstić information content (AvgIpc) is 2.77. The minimum Gasteiger partial charge on any atom is -0.378 e. The Morgan fingerprint density at radius 3 is 2.75 bits per heavy atom. The van der Waals surface area contributed by atoms with Gasteiger partial charge in [0.15, 0.2) is 0 Å². The SMILES string of the molecule is Cc1cc([C@H]2COCCN2)c(C)n1Cc1ccccc1. The Hall–Kier alpha value is -1.58. The van der Waals surface area contributed by atoms with Crippen LogP contribution in [0.2, 0.25) is 0 Å². The molecule has 0 radical (unpaired) electrons. The van der Waals surface area contributed by atoms with Gasteiger partial charge in [-0.15, -0.1) is 0 Å². The predicted octanol–water partition coefficient (Wildman–Crippen LogP) is 2.81. The van der Waals surface area contributed by atoms with Crippen LogP contribution in [0.15, 0.2) is 36.4 Å². The topological polar surface area (TPSA) is 26.2 Å². The number of benzene rings is 1. The van der Waals surface area contributed by atoms with Gasteiger partial charge in [-0.3, -0.25) is 0 Å². The molecule has 0 bridgehead atoms. The molecule has 1 fully saturated rings. The molecule has 2 aromatic rings. The molecule has 1 N–H and O–H groups in total. The van der Waals surface area contributed by atoms with E-state index in [2.05, 4.69) is 60.1 Å². The van der Waals surface area contributed by atoms with E-state index in [1.165, 1.54) is 22.5 Å². The minimum atomic E-state index is 0.333. The summed E-state index contributed by atoms with van der Waals surface area (Å²) in [5, 5.41) is 3.54. The van der Waals surface area contributed by atoms with Gasteiger partial charge in [0.25, 0.3) is 0 Å². The maximum Gasteiger partial charge on any atom is 0.0662 e. The van der Waals surface area contributed by atoms with E-state index in [0.717, 1.165) is 26.3 Å². The van der Waals surface area contributed by atoms with Crippen LogP contribution < -0.4 is 5.32 Å². The maximum absolute atomic E-state index is 5.59. The number of hydrogen-bond acceptors (Lipinski definition) is 2. The van der Waals surface area contributed by atoms with Gasteiger partial charge in [0.05, 0.1) is 19.3 Å². The second-order valence-electron chi connectivity index (χ2n) is 5.48. The number of rotatable bonds is 3. The molecule has 3 rings (SSSR count). The van der Waals surface area contributed by atoms with Crippen LogP contribution in [0.1, 0.15) is 28.6 Å². The fourth-order valence-corrected chi connectivity index (χ4v) is 2.95. The summed E-state index contributed by atoms with van der Waals surface area (Å²) in [5.74, 6) is 0. The molecule has 3 heteroatoms. The first kappa shape index (κ1) is 13.4. The summed E-state index contributed by atoms with van der Waals surface area (Å²) in [5.41, 5.74) is 5.37. The van der Waals surface area contributed by atoms with Gasteiger partial charge in [-0.05, 0) is 31.0 Å². The lowest BCUT2D eigenvalue weighted by Gasteiger charge is -2.24. The van der Waals surface area contributed by atoms with Crippen LogP contribution in [0.25, 0.3) is 0 Å². The fraction of sp³-hybridized carbons (Fsp3) is 0.412. The van der Waals surface area contributed by atoms with Gasteiger partial charge in [0, 0.05) is 24.5 Å². The van der Waals surface area contributed by atoms with Crippen LogP contribution >= 0.6 is 0 Å². The third-order valence-electron chi connectivity index (χ3n) is 4.09. The van der Waals surface area contributed by atoms with E-state index in [1.54, 1.807) is 0 Å². The maximum atomic E-state index is 5.59. The van der Waals surface area contributed by atoms with Gasteiger partial charge in [0.2, 0.25) is 0 Å². The number of ether oxygens (including phenoxy) is 1. The number of nitrogens with zero attached hydrogens (tertiary/aromatic N) is 1. The molecule has 2 heterocycles. The lowest BCUT2D eigenvalue weighted by molar-refractivity contribution is 0.0766. The van der Waals surface area contributed by atoms with E-state index in [-0.39, 0.29) is 0 Å². The molecule has 1 aliphatic heterocycles. The summed E-state index contributed by atoms with van der Waals surface area (Å²) in [7, 11) is 0. The van der Waals surface area contributed by atoms with Crippen molar-refractivity contribution >= 4 is 0 Å². The van der Waals surface area contributed by atoms with Crippen molar-refractivity contribution in [1.82, 2.24) is 9.88 Å². The van der Waals surface area contributed by atoms with E-state index in [0.29, 0.717) is 6.04 Å². The summed E-state index contributed by atoms with van der Waals surface area (Å²) in [4.78, 5) is 0. The molecule has 106 valence electrons. The van der Waals surface area contributed by atoms with Crippen LogP contribution in [0, 0.1) is 13.8 Å². The summed E-state index contributed by atoms with van der Waals surface area (Å²) < 4.78 is 7.98. The van der Waals surface area contributed by atoms with E-state index >= 15 is 0 Å². The number of nitrogens with one attached hydrogen (secondary N) is 1. The van der Waals surface area contributed by atoms with E-state index in [4.69, 9.17) is 4.74 Å². The molecule has 0 spiro atoms. The zero-order chi connectivity index (χ0) is 13.9. The minimum absolute atomic E-state index is 0.333. The second-order valence-corrected chi connectivity index (χ2v) is 5.48. The van der Waals surface area contributed by atoms with Crippen molar-refractivity contribution in [2.24, 2.45) is 0 Å². The summed E-state index contributed by atoms with van der Waals surface area (Å²) in [6.07, 6.45) is 0. The Morgan fingerprint density at radius 1 is 1.25 bits per heavy atom. The molecule has 0 aliphatic carbocycles. The summed E-state index contributed by atoms with van der Waals surface area (Å²) in [6, 6.07) is 13.3. The Morgan fingerprint density at radius 2 is 2.05 bits per heavy atom. The Bertz CT molecular complexity index is 568.